The second-order valence-corrected chi connectivity index (χ2v) is 5.02. The van der Waals surface area contributed by atoms with Crippen LogP contribution in [-0.4, -0.2) is 28.6 Å². The average Bonchev–Trinajstić information content (AvgIpc) is 2.64. The van der Waals surface area contributed by atoms with Gasteiger partial charge in [0.15, 0.2) is 0 Å². The first kappa shape index (κ1) is 13.0. The second kappa shape index (κ2) is 5.06. The van der Waals surface area contributed by atoms with Gasteiger partial charge in [0.1, 0.15) is 5.82 Å². The molecule has 98 valence electrons. The van der Waals surface area contributed by atoms with Gasteiger partial charge in [0.05, 0.1) is 5.92 Å². The summed E-state index contributed by atoms with van der Waals surface area (Å²) in [6.45, 7) is 5.31. The van der Waals surface area contributed by atoms with Crippen LogP contribution in [0.2, 0.25) is 0 Å². The van der Waals surface area contributed by atoms with Crippen LogP contribution in [0.4, 0.5) is 4.39 Å². The Hall–Kier alpha value is -1.42. The van der Waals surface area contributed by atoms with Crippen LogP contribution < -0.4 is 0 Å². The first-order chi connectivity index (χ1) is 8.49. The fourth-order valence-corrected chi connectivity index (χ4v) is 2.61. The number of carboxylic acid groups (broad SMARTS) is 1. The van der Waals surface area contributed by atoms with Crippen molar-refractivity contribution in [3.63, 3.8) is 0 Å². The summed E-state index contributed by atoms with van der Waals surface area (Å²) >= 11 is 0. The molecule has 0 aromatic heterocycles. The zero-order valence-corrected chi connectivity index (χ0v) is 10.7. The monoisotopic (exact) mass is 251 g/mol. The van der Waals surface area contributed by atoms with Gasteiger partial charge in [0.2, 0.25) is 0 Å². The summed E-state index contributed by atoms with van der Waals surface area (Å²) in [6, 6.07) is 4.79. The van der Waals surface area contributed by atoms with Crippen LogP contribution in [0.15, 0.2) is 18.2 Å². The van der Waals surface area contributed by atoms with E-state index in [-0.39, 0.29) is 17.8 Å². The van der Waals surface area contributed by atoms with E-state index in [0.29, 0.717) is 13.0 Å². The molecule has 3 nitrogen and oxygen atoms in total. The molecule has 1 aliphatic rings. The van der Waals surface area contributed by atoms with Crippen molar-refractivity contribution in [2.45, 2.75) is 32.9 Å². The number of nitrogens with zero attached hydrogens (tertiary/aromatic N) is 1. The summed E-state index contributed by atoms with van der Waals surface area (Å²) < 4.78 is 13.0. The zero-order valence-electron chi connectivity index (χ0n) is 10.7. The molecule has 1 N–H and O–H groups in total. The third-order valence-corrected chi connectivity index (χ3v) is 3.88. The van der Waals surface area contributed by atoms with Gasteiger partial charge < -0.3 is 5.11 Å². The number of hydrogen-bond donors (Lipinski definition) is 1. The Kier molecular flexibility index (Phi) is 3.66. The molecule has 0 radical (unpaired) electrons. The summed E-state index contributed by atoms with van der Waals surface area (Å²) in [7, 11) is 0. The maximum Gasteiger partial charge on any atom is 0.308 e. The highest BCUT2D eigenvalue weighted by molar-refractivity contribution is 5.71. The van der Waals surface area contributed by atoms with Crippen LogP contribution in [0.25, 0.3) is 0 Å². The first-order valence-corrected chi connectivity index (χ1v) is 6.21. The van der Waals surface area contributed by atoms with Crippen molar-refractivity contribution < 1.29 is 14.3 Å². The molecule has 2 unspecified atom stereocenters. The van der Waals surface area contributed by atoms with Crippen molar-refractivity contribution in [2.24, 2.45) is 5.92 Å². The maximum atomic E-state index is 13.0. The van der Waals surface area contributed by atoms with Crippen LogP contribution in [0.5, 0.6) is 0 Å². The van der Waals surface area contributed by atoms with Gasteiger partial charge >= 0.3 is 5.97 Å². The Labute approximate surface area is 106 Å². The van der Waals surface area contributed by atoms with Gasteiger partial charge in [0, 0.05) is 12.6 Å². The van der Waals surface area contributed by atoms with E-state index in [4.69, 9.17) is 5.11 Å². The Morgan fingerprint density at radius 2 is 2.28 bits per heavy atom. The van der Waals surface area contributed by atoms with Gasteiger partial charge in [-0.1, -0.05) is 6.07 Å². The Morgan fingerprint density at radius 1 is 1.56 bits per heavy atom. The molecule has 1 heterocycles. The molecule has 2 rings (SSSR count). The van der Waals surface area contributed by atoms with Crippen molar-refractivity contribution in [2.75, 3.05) is 6.54 Å². The van der Waals surface area contributed by atoms with Gasteiger partial charge in [-0.15, -0.1) is 0 Å². The molecule has 1 aromatic rings. The minimum atomic E-state index is -0.721. The largest absolute Gasteiger partial charge is 0.481 e. The van der Waals surface area contributed by atoms with E-state index in [1.807, 2.05) is 13.8 Å². The van der Waals surface area contributed by atoms with Crippen molar-refractivity contribution in [1.82, 2.24) is 4.90 Å². The third kappa shape index (κ3) is 2.53. The van der Waals surface area contributed by atoms with E-state index in [0.717, 1.165) is 17.7 Å². The number of likely N-dealkylation sites (tertiary alicyclic amines) is 1. The van der Waals surface area contributed by atoms with E-state index in [9.17, 15) is 9.18 Å². The second-order valence-electron chi connectivity index (χ2n) is 5.02. The van der Waals surface area contributed by atoms with Crippen LogP contribution in [0, 0.1) is 18.7 Å². The summed E-state index contributed by atoms with van der Waals surface area (Å²) in [6.07, 6.45) is 0.691. The maximum absolute atomic E-state index is 13.0. The molecule has 1 fully saturated rings. The van der Waals surface area contributed by atoms with Gasteiger partial charge in [-0.2, -0.15) is 0 Å². The summed E-state index contributed by atoms with van der Waals surface area (Å²) in [5, 5.41) is 9.08. The lowest BCUT2D eigenvalue weighted by Crippen LogP contribution is -2.32. The molecular formula is C14H18FNO2. The predicted molar refractivity (Wildman–Crippen MR) is 66.8 cm³/mol. The van der Waals surface area contributed by atoms with Gasteiger partial charge in [0.25, 0.3) is 0 Å². The minimum Gasteiger partial charge on any atom is -0.481 e. The van der Waals surface area contributed by atoms with Gasteiger partial charge in [-0.05, 0) is 50.1 Å². The van der Waals surface area contributed by atoms with E-state index in [2.05, 4.69) is 4.90 Å². The number of carbonyl (C=O) groups is 1. The summed E-state index contributed by atoms with van der Waals surface area (Å²) in [4.78, 5) is 13.2. The molecule has 1 aromatic carbocycles. The topological polar surface area (TPSA) is 40.5 Å². The van der Waals surface area contributed by atoms with Crippen molar-refractivity contribution in [1.29, 1.82) is 0 Å². The third-order valence-electron chi connectivity index (χ3n) is 3.88. The average molecular weight is 251 g/mol. The minimum absolute atomic E-state index is 0.0342. The fourth-order valence-electron chi connectivity index (χ4n) is 2.61. The lowest BCUT2D eigenvalue weighted by molar-refractivity contribution is -0.142. The highest BCUT2D eigenvalue weighted by atomic mass is 19.1. The van der Waals surface area contributed by atoms with Gasteiger partial charge in [-0.25, -0.2) is 4.39 Å². The molecule has 0 amide bonds. The molecular weight excluding hydrogens is 233 g/mol. The van der Waals surface area contributed by atoms with Crippen molar-refractivity contribution in [3.8, 4) is 0 Å². The molecule has 4 heteroatoms. The molecule has 0 bridgehead atoms. The summed E-state index contributed by atoms with van der Waals surface area (Å²) in [5.41, 5.74) is 1.98. The van der Waals surface area contributed by atoms with E-state index < -0.39 is 5.97 Å². The first-order valence-electron chi connectivity index (χ1n) is 6.21. The summed E-state index contributed by atoms with van der Waals surface area (Å²) in [5.74, 6) is -1.24. The number of benzene rings is 1. The van der Waals surface area contributed by atoms with E-state index >= 15 is 0 Å². The lowest BCUT2D eigenvalue weighted by atomic mass is 10.0. The Bertz CT molecular complexity index is 461. The molecule has 2 atom stereocenters. The quantitative estimate of drug-likeness (QED) is 0.897. The molecule has 0 aliphatic carbocycles. The zero-order chi connectivity index (χ0) is 13.3. The highest BCUT2D eigenvalue weighted by Gasteiger charge is 2.35. The normalized spacial score (nSPS) is 24.4. The number of rotatable bonds is 3. The number of carboxylic acids is 1. The fraction of sp³-hybridized carbons (Fsp3) is 0.500. The van der Waals surface area contributed by atoms with Gasteiger partial charge in [-0.3, -0.25) is 9.69 Å². The lowest BCUT2D eigenvalue weighted by Gasteiger charge is -2.23. The SMILES string of the molecule is Cc1cc(F)ccc1CN1CCC(C(=O)O)C1C. The Morgan fingerprint density at radius 3 is 2.83 bits per heavy atom. The number of halogens is 1. The number of hydrogen-bond acceptors (Lipinski definition) is 2. The van der Waals surface area contributed by atoms with E-state index in [1.165, 1.54) is 12.1 Å². The Balaban J connectivity index is 2.09. The molecule has 0 saturated carbocycles. The molecule has 0 spiro atoms. The van der Waals surface area contributed by atoms with Crippen molar-refractivity contribution >= 4 is 5.97 Å². The van der Waals surface area contributed by atoms with Crippen LogP contribution in [0.1, 0.15) is 24.5 Å². The number of aryl methyl sites for hydroxylation is 1. The number of aliphatic carboxylic acids is 1. The molecule has 1 aliphatic heterocycles. The van der Waals surface area contributed by atoms with E-state index in [1.54, 1.807) is 6.07 Å². The van der Waals surface area contributed by atoms with Crippen molar-refractivity contribution in [3.05, 3.63) is 35.1 Å². The standard InChI is InChI=1S/C14H18FNO2/c1-9-7-12(15)4-3-11(9)8-16-6-5-13(10(16)2)14(17)18/h3-4,7,10,13H,5-6,8H2,1-2H3,(H,17,18). The van der Waals surface area contributed by atoms with Crippen LogP contribution >= 0.6 is 0 Å². The smallest absolute Gasteiger partial charge is 0.308 e. The molecule has 18 heavy (non-hydrogen) atoms. The highest BCUT2D eigenvalue weighted by Crippen LogP contribution is 2.26. The van der Waals surface area contributed by atoms with Crippen LogP contribution in [-0.2, 0) is 11.3 Å². The van der Waals surface area contributed by atoms with Crippen LogP contribution in [0.3, 0.4) is 0 Å². The molecule has 1 saturated heterocycles. The predicted octanol–water partition coefficient (Wildman–Crippen LogP) is 2.43.